The Morgan fingerprint density at radius 2 is 2.05 bits per heavy atom. The molecule has 0 spiro atoms. The Morgan fingerprint density at radius 3 is 2.68 bits per heavy atom. The maximum absolute atomic E-state index is 12.8. The average molecular weight is 321 g/mol. The molecular formula is C16H23N3O2S. The van der Waals surface area contributed by atoms with Gasteiger partial charge >= 0.3 is 0 Å². The van der Waals surface area contributed by atoms with Gasteiger partial charge in [-0.3, -0.25) is 9.59 Å². The van der Waals surface area contributed by atoms with Crippen molar-refractivity contribution in [1.82, 2.24) is 10.2 Å². The molecule has 1 aliphatic heterocycles. The molecule has 2 amide bonds. The van der Waals surface area contributed by atoms with Gasteiger partial charge in [-0.25, -0.2) is 0 Å². The summed E-state index contributed by atoms with van der Waals surface area (Å²) in [5.74, 6) is -0.250. The number of rotatable bonds is 4. The van der Waals surface area contributed by atoms with Crippen molar-refractivity contribution in [1.29, 1.82) is 0 Å². The lowest BCUT2D eigenvalue weighted by atomic mass is 10.1. The molecule has 1 saturated heterocycles. The van der Waals surface area contributed by atoms with Crippen LogP contribution in [0.2, 0.25) is 0 Å². The number of carbonyl (C=O) groups excluding carboxylic acids is 2. The molecule has 6 heteroatoms. The summed E-state index contributed by atoms with van der Waals surface area (Å²) in [6.45, 7) is 4.22. The fraction of sp³-hybridized carbons (Fsp3) is 0.500. The van der Waals surface area contributed by atoms with E-state index in [2.05, 4.69) is 5.32 Å². The van der Waals surface area contributed by atoms with E-state index in [9.17, 15) is 9.59 Å². The third kappa shape index (κ3) is 3.62. The van der Waals surface area contributed by atoms with Crippen molar-refractivity contribution in [3.05, 3.63) is 29.8 Å². The van der Waals surface area contributed by atoms with Crippen molar-refractivity contribution >= 4 is 23.6 Å². The standard InChI is InChI=1S/C16H23N3O2S/c1-10(2)18-15(20)13-8-11(17)9-19(13)16(21)12-6-4-5-7-14(12)22-3/h4-7,10-11,13H,8-9,17H2,1-3H3,(H,18,20)/t11-,13+/m1/s1. The van der Waals surface area contributed by atoms with Crippen LogP contribution >= 0.6 is 11.8 Å². The number of nitrogens with zero attached hydrogens (tertiary/aromatic N) is 1. The van der Waals surface area contributed by atoms with Gasteiger partial charge in [0.2, 0.25) is 5.91 Å². The normalized spacial score (nSPS) is 21.2. The molecule has 0 unspecified atom stereocenters. The van der Waals surface area contributed by atoms with E-state index in [0.717, 1.165) is 4.90 Å². The average Bonchev–Trinajstić information content (AvgIpc) is 2.88. The van der Waals surface area contributed by atoms with Gasteiger partial charge in [0.05, 0.1) is 5.56 Å². The third-order valence-corrected chi connectivity index (χ3v) is 4.46. The van der Waals surface area contributed by atoms with E-state index in [0.29, 0.717) is 18.5 Å². The smallest absolute Gasteiger partial charge is 0.255 e. The molecule has 0 bridgehead atoms. The van der Waals surface area contributed by atoms with Crippen molar-refractivity contribution < 1.29 is 9.59 Å². The van der Waals surface area contributed by atoms with E-state index in [1.54, 1.807) is 11.0 Å². The minimum absolute atomic E-state index is 0.0414. The minimum atomic E-state index is -0.486. The Labute approximate surface area is 135 Å². The van der Waals surface area contributed by atoms with E-state index in [1.165, 1.54) is 11.8 Å². The molecule has 0 aliphatic carbocycles. The number of thioether (sulfide) groups is 1. The molecule has 1 heterocycles. The van der Waals surface area contributed by atoms with Crippen LogP contribution in [0.5, 0.6) is 0 Å². The van der Waals surface area contributed by atoms with Crippen LogP contribution in [0, 0.1) is 0 Å². The van der Waals surface area contributed by atoms with Crippen LogP contribution in [-0.4, -0.2) is 47.6 Å². The number of benzene rings is 1. The summed E-state index contributed by atoms with van der Waals surface area (Å²) in [5.41, 5.74) is 6.62. The summed E-state index contributed by atoms with van der Waals surface area (Å²) >= 11 is 1.52. The summed E-state index contributed by atoms with van der Waals surface area (Å²) in [5, 5.41) is 2.88. The quantitative estimate of drug-likeness (QED) is 0.824. The molecule has 3 N–H and O–H groups in total. The van der Waals surface area contributed by atoms with Crippen LogP contribution in [0.3, 0.4) is 0 Å². The molecule has 2 atom stereocenters. The van der Waals surface area contributed by atoms with Crippen molar-refractivity contribution in [2.24, 2.45) is 5.73 Å². The summed E-state index contributed by atoms with van der Waals surface area (Å²) in [4.78, 5) is 27.7. The van der Waals surface area contributed by atoms with Crippen LogP contribution in [0.1, 0.15) is 30.6 Å². The second-order valence-electron chi connectivity index (χ2n) is 5.83. The highest BCUT2D eigenvalue weighted by molar-refractivity contribution is 7.98. The summed E-state index contributed by atoms with van der Waals surface area (Å²) < 4.78 is 0. The zero-order chi connectivity index (χ0) is 16.3. The van der Waals surface area contributed by atoms with E-state index in [-0.39, 0.29) is 23.9 Å². The molecule has 0 aromatic heterocycles. The van der Waals surface area contributed by atoms with Crippen molar-refractivity contribution in [3.8, 4) is 0 Å². The Kier molecular flexibility index (Phi) is 5.47. The molecular weight excluding hydrogens is 298 g/mol. The predicted molar refractivity (Wildman–Crippen MR) is 88.9 cm³/mol. The fourth-order valence-corrected chi connectivity index (χ4v) is 3.29. The van der Waals surface area contributed by atoms with E-state index in [1.807, 2.05) is 38.3 Å². The first-order chi connectivity index (χ1) is 10.4. The number of nitrogens with two attached hydrogens (primary N) is 1. The molecule has 2 rings (SSSR count). The SMILES string of the molecule is CSc1ccccc1C(=O)N1C[C@H](N)C[C@H]1C(=O)NC(C)C. The molecule has 0 saturated carbocycles. The lowest BCUT2D eigenvalue weighted by Gasteiger charge is -2.25. The number of hydrogen-bond donors (Lipinski definition) is 2. The number of nitrogens with one attached hydrogen (secondary N) is 1. The maximum Gasteiger partial charge on any atom is 0.255 e. The van der Waals surface area contributed by atoms with Gasteiger partial charge in [-0.1, -0.05) is 12.1 Å². The van der Waals surface area contributed by atoms with Gasteiger partial charge in [-0.15, -0.1) is 11.8 Å². The lowest BCUT2D eigenvalue weighted by molar-refractivity contribution is -0.125. The van der Waals surface area contributed by atoms with Crippen LogP contribution < -0.4 is 11.1 Å². The first-order valence-electron chi connectivity index (χ1n) is 7.44. The van der Waals surface area contributed by atoms with Gasteiger partial charge in [-0.05, 0) is 38.7 Å². The Morgan fingerprint density at radius 1 is 1.36 bits per heavy atom. The van der Waals surface area contributed by atoms with Gasteiger partial charge in [0.15, 0.2) is 0 Å². The van der Waals surface area contributed by atoms with Gasteiger partial charge in [-0.2, -0.15) is 0 Å². The van der Waals surface area contributed by atoms with Crippen molar-refractivity contribution in [2.45, 2.75) is 43.3 Å². The second kappa shape index (κ2) is 7.15. The lowest BCUT2D eigenvalue weighted by Crippen LogP contribution is -2.47. The number of likely N-dealkylation sites (tertiary alicyclic amines) is 1. The highest BCUT2D eigenvalue weighted by Gasteiger charge is 2.39. The Balaban J connectivity index is 2.24. The summed E-state index contributed by atoms with van der Waals surface area (Å²) in [7, 11) is 0. The monoisotopic (exact) mass is 321 g/mol. The number of hydrogen-bond acceptors (Lipinski definition) is 4. The summed E-state index contributed by atoms with van der Waals surface area (Å²) in [6, 6.07) is 6.85. The number of carbonyl (C=O) groups is 2. The van der Waals surface area contributed by atoms with Gasteiger partial charge in [0.1, 0.15) is 6.04 Å². The fourth-order valence-electron chi connectivity index (χ4n) is 2.70. The topological polar surface area (TPSA) is 75.4 Å². The van der Waals surface area contributed by atoms with Gasteiger partial charge in [0, 0.05) is 23.5 Å². The highest BCUT2D eigenvalue weighted by atomic mass is 32.2. The van der Waals surface area contributed by atoms with E-state index < -0.39 is 6.04 Å². The van der Waals surface area contributed by atoms with Crippen molar-refractivity contribution in [3.63, 3.8) is 0 Å². The second-order valence-corrected chi connectivity index (χ2v) is 6.68. The van der Waals surface area contributed by atoms with Gasteiger partial charge < -0.3 is 16.0 Å². The zero-order valence-corrected chi connectivity index (χ0v) is 14.0. The maximum atomic E-state index is 12.8. The molecule has 22 heavy (non-hydrogen) atoms. The molecule has 5 nitrogen and oxygen atoms in total. The number of amides is 2. The molecule has 1 aromatic carbocycles. The van der Waals surface area contributed by atoms with Crippen molar-refractivity contribution in [2.75, 3.05) is 12.8 Å². The largest absolute Gasteiger partial charge is 0.352 e. The molecule has 0 radical (unpaired) electrons. The van der Waals surface area contributed by atoms with Crippen LogP contribution in [-0.2, 0) is 4.79 Å². The molecule has 120 valence electrons. The van der Waals surface area contributed by atoms with E-state index in [4.69, 9.17) is 5.73 Å². The van der Waals surface area contributed by atoms with Crippen LogP contribution in [0.25, 0.3) is 0 Å². The minimum Gasteiger partial charge on any atom is -0.352 e. The first-order valence-corrected chi connectivity index (χ1v) is 8.66. The first kappa shape index (κ1) is 16.8. The molecule has 1 aliphatic rings. The molecule has 1 fully saturated rings. The zero-order valence-electron chi connectivity index (χ0n) is 13.2. The Hall–Kier alpha value is -1.53. The van der Waals surface area contributed by atoms with E-state index >= 15 is 0 Å². The summed E-state index contributed by atoms with van der Waals surface area (Å²) in [6.07, 6.45) is 2.44. The predicted octanol–water partition coefficient (Wildman–Crippen LogP) is 1.47. The van der Waals surface area contributed by atoms with Crippen LogP contribution in [0.15, 0.2) is 29.2 Å². The Bertz CT molecular complexity index is 562. The van der Waals surface area contributed by atoms with Crippen LogP contribution in [0.4, 0.5) is 0 Å². The van der Waals surface area contributed by atoms with Gasteiger partial charge in [0.25, 0.3) is 5.91 Å². The highest BCUT2D eigenvalue weighted by Crippen LogP contribution is 2.25. The molecule has 1 aromatic rings. The third-order valence-electron chi connectivity index (χ3n) is 3.67.